The molecule has 2 nitrogen and oxygen atoms in total. The summed E-state index contributed by atoms with van der Waals surface area (Å²) in [5.41, 5.74) is 1.73. The van der Waals surface area contributed by atoms with Crippen LogP contribution >= 0.6 is 11.3 Å². The van der Waals surface area contributed by atoms with Crippen molar-refractivity contribution in [2.24, 2.45) is 0 Å². The van der Waals surface area contributed by atoms with E-state index < -0.39 is 0 Å². The van der Waals surface area contributed by atoms with Crippen LogP contribution in [-0.2, 0) is 13.1 Å². The number of aryl methyl sites for hydroxylation is 1. The van der Waals surface area contributed by atoms with Crippen LogP contribution in [-0.4, -0.2) is 23.0 Å². The quantitative estimate of drug-likeness (QED) is 0.866. The molecule has 1 fully saturated rings. The topological polar surface area (TPSA) is 15.3 Å². The molecule has 1 aliphatic rings. The Balaban J connectivity index is 1.98. The van der Waals surface area contributed by atoms with E-state index in [9.17, 15) is 0 Å². The zero-order chi connectivity index (χ0) is 15.5. The van der Waals surface area contributed by atoms with E-state index in [1.807, 2.05) is 11.3 Å². The molecule has 0 radical (unpaired) electrons. The Kier molecular flexibility index (Phi) is 5.87. The molecule has 120 valence electrons. The normalized spacial score (nSPS) is 21.5. The number of likely N-dealkylation sites (tertiary alicyclic amines) is 1. The van der Waals surface area contributed by atoms with Gasteiger partial charge < -0.3 is 5.32 Å². The van der Waals surface area contributed by atoms with E-state index in [1.165, 1.54) is 42.0 Å². The molecular formula is C18H32N2S. The highest BCUT2D eigenvalue weighted by atomic mass is 32.1. The third-order valence-corrected chi connectivity index (χ3v) is 5.52. The van der Waals surface area contributed by atoms with Crippen molar-refractivity contribution in [3.05, 3.63) is 21.4 Å². The van der Waals surface area contributed by atoms with E-state index in [2.05, 4.69) is 50.9 Å². The Hall–Kier alpha value is -0.380. The van der Waals surface area contributed by atoms with Crippen LogP contribution in [0.4, 0.5) is 0 Å². The zero-order valence-electron chi connectivity index (χ0n) is 14.5. The van der Waals surface area contributed by atoms with Gasteiger partial charge in [0, 0.05) is 34.4 Å². The van der Waals surface area contributed by atoms with Gasteiger partial charge in [-0.25, -0.2) is 0 Å². The van der Waals surface area contributed by atoms with Gasteiger partial charge in [0.1, 0.15) is 0 Å². The molecule has 2 heterocycles. The number of hydrogen-bond acceptors (Lipinski definition) is 3. The molecule has 0 amide bonds. The minimum Gasteiger partial charge on any atom is -0.307 e. The number of nitrogens with zero attached hydrogens (tertiary/aromatic N) is 1. The van der Waals surface area contributed by atoms with Crippen LogP contribution in [0.1, 0.15) is 68.7 Å². The van der Waals surface area contributed by atoms with Gasteiger partial charge in [-0.05, 0) is 65.6 Å². The van der Waals surface area contributed by atoms with Crippen LogP contribution in [0.25, 0.3) is 0 Å². The summed E-state index contributed by atoms with van der Waals surface area (Å²) >= 11 is 1.96. The van der Waals surface area contributed by atoms with E-state index >= 15 is 0 Å². The first-order valence-corrected chi connectivity index (χ1v) is 9.24. The molecule has 1 aromatic heterocycles. The molecule has 0 aromatic carbocycles. The molecule has 1 aliphatic heterocycles. The van der Waals surface area contributed by atoms with Crippen LogP contribution in [0, 0.1) is 6.92 Å². The summed E-state index contributed by atoms with van der Waals surface area (Å²) in [4.78, 5) is 5.65. The van der Waals surface area contributed by atoms with Gasteiger partial charge in [-0.2, -0.15) is 0 Å². The van der Waals surface area contributed by atoms with Crippen LogP contribution in [0.15, 0.2) is 6.07 Å². The molecule has 21 heavy (non-hydrogen) atoms. The summed E-state index contributed by atoms with van der Waals surface area (Å²) < 4.78 is 0. The highest BCUT2D eigenvalue weighted by molar-refractivity contribution is 7.12. The Morgan fingerprint density at radius 1 is 1.29 bits per heavy atom. The van der Waals surface area contributed by atoms with Gasteiger partial charge >= 0.3 is 0 Å². The van der Waals surface area contributed by atoms with Crippen LogP contribution in [0.2, 0.25) is 0 Å². The molecule has 1 N–H and O–H groups in total. The smallest absolute Gasteiger partial charge is 0.0304 e. The van der Waals surface area contributed by atoms with Gasteiger partial charge in [0.15, 0.2) is 0 Å². The van der Waals surface area contributed by atoms with Crippen molar-refractivity contribution in [1.29, 1.82) is 0 Å². The molecule has 1 aromatic rings. The minimum atomic E-state index is 0.192. The van der Waals surface area contributed by atoms with Crippen molar-refractivity contribution in [2.75, 3.05) is 6.54 Å². The Bertz CT molecular complexity index is 445. The highest BCUT2D eigenvalue weighted by Gasteiger charge is 2.19. The van der Waals surface area contributed by atoms with Crippen molar-refractivity contribution in [2.45, 2.75) is 85.0 Å². The third-order valence-electron chi connectivity index (χ3n) is 4.43. The molecule has 0 aliphatic carbocycles. The van der Waals surface area contributed by atoms with Crippen molar-refractivity contribution < 1.29 is 0 Å². The zero-order valence-corrected chi connectivity index (χ0v) is 15.3. The van der Waals surface area contributed by atoms with Gasteiger partial charge in [-0.3, -0.25) is 4.90 Å². The van der Waals surface area contributed by atoms with Gasteiger partial charge in [0.25, 0.3) is 0 Å². The Morgan fingerprint density at radius 3 is 2.76 bits per heavy atom. The molecule has 1 saturated heterocycles. The van der Waals surface area contributed by atoms with E-state index in [0.717, 1.165) is 19.1 Å². The largest absolute Gasteiger partial charge is 0.307 e. The van der Waals surface area contributed by atoms with Crippen molar-refractivity contribution in [1.82, 2.24) is 10.2 Å². The fourth-order valence-corrected chi connectivity index (χ4v) is 3.97. The fourth-order valence-electron chi connectivity index (χ4n) is 2.97. The Labute approximate surface area is 134 Å². The first-order valence-electron chi connectivity index (χ1n) is 8.42. The maximum atomic E-state index is 3.60. The minimum absolute atomic E-state index is 0.192. The molecule has 3 heteroatoms. The summed E-state index contributed by atoms with van der Waals surface area (Å²) in [6, 6.07) is 3.17. The maximum absolute atomic E-state index is 3.60. The molecule has 1 atom stereocenters. The average molecular weight is 309 g/mol. The van der Waals surface area contributed by atoms with E-state index in [1.54, 1.807) is 5.56 Å². The lowest BCUT2D eigenvalue weighted by Crippen LogP contribution is -2.34. The number of rotatable bonds is 4. The van der Waals surface area contributed by atoms with Gasteiger partial charge in [0.2, 0.25) is 0 Å². The summed E-state index contributed by atoms with van der Waals surface area (Å²) in [6.07, 6.45) is 5.54. The second-order valence-electron chi connectivity index (χ2n) is 7.57. The third kappa shape index (κ3) is 5.39. The highest BCUT2D eigenvalue weighted by Crippen LogP contribution is 2.26. The number of thiophene rings is 1. The second-order valence-corrected chi connectivity index (χ2v) is 8.91. The van der Waals surface area contributed by atoms with E-state index in [0.29, 0.717) is 0 Å². The van der Waals surface area contributed by atoms with Gasteiger partial charge in [0.05, 0.1) is 0 Å². The van der Waals surface area contributed by atoms with Crippen molar-refractivity contribution >= 4 is 11.3 Å². The summed E-state index contributed by atoms with van der Waals surface area (Å²) in [5, 5.41) is 3.60. The SMILES string of the molecule is Cc1sc(CNC(C)(C)C)cc1CN1CCCCCC1C. The lowest BCUT2D eigenvalue weighted by molar-refractivity contribution is 0.205. The monoisotopic (exact) mass is 308 g/mol. The average Bonchev–Trinajstić information content (AvgIpc) is 2.61. The van der Waals surface area contributed by atoms with E-state index in [4.69, 9.17) is 0 Å². The standard InChI is InChI=1S/C18H32N2S/c1-14-9-7-6-8-10-20(14)13-16-11-17(21-15(16)2)12-19-18(3,4)5/h11,14,19H,6-10,12-13H2,1-5H3. The van der Waals surface area contributed by atoms with E-state index in [-0.39, 0.29) is 5.54 Å². The summed E-state index contributed by atoms with van der Waals surface area (Å²) in [6.45, 7) is 14.8. The van der Waals surface area contributed by atoms with Crippen molar-refractivity contribution in [3.8, 4) is 0 Å². The number of hydrogen-bond donors (Lipinski definition) is 1. The summed E-state index contributed by atoms with van der Waals surface area (Å²) in [5.74, 6) is 0. The van der Waals surface area contributed by atoms with Crippen molar-refractivity contribution in [3.63, 3.8) is 0 Å². The lowest BCUT2D eigenvalue weighted by atomic mass is 10.1. The van der Waals surface area contributed by atoms with Crippen LogP contribution < -0.4 is 5.32 Å². The predicted octanol–water partition coefficient (Wildman–Crippen LogP) is 4.71. The second kappa shape index (κ2) is 7.26. The molecule has 1 unspecified atom stereocenters. The first-order chi connectivity index (χ1) is 9.85. The lowest BCUT2D eigenvalue weighted by Gasteiger charge is -2.26. The van der Waals surface area contributed by atoms with Crippen LogP contribution in [0.5, 0.6) is 0 Å². The Morgan fingerprint density at radius 2 is 2.05 bits per heavy atom. The molecule has 0 spiro atoms. The maximum Gasteiger partial charge on any atom is 0.0304 e. The molecule has 2 rings (SSSR count). The van der Waals surface area contributed by atoms with Gasteiger partial charge in [-0.15, -0.1) is 11.3 Å². The fraction of sp³-hybridized carbons (Fsp3) is 0.778. The molecule has 0 bridgehead atoms. The molecular weight excluding hydrogens is 276 g/mol. The summed E-state index contributed by atoms with van der Waals surface area (Å²) in [7, 11) is 0. The predicted molar refractivity (Wildman–Crippen MR) is 94.0 cm³/mol. The first kappa shape index (κ1) is 17.0. The van der Waals surface area contributed by atoms with Crippen LogP contribution in [0.3, 0.4) is 0 Å². The number of nitrogens with one attached hydrogen (secondary N) is 1. The van der Waals surface area contributed by atoms with Gasteiger partial charge in [-0.1, -0.05) is 12.8 Å². The molecule has 0 saturated carbocycles.